The van der Waals surface area contributed by atoms with E-state index < -0.39 is 0 Å². The zero-order valence-electron chi connectivity index (χ0n) is 37.3. The van der Waals surface area contributed by atoms with Gasteiger partial charge in [-0.3, -0.25) is 0 Å². The predicted octanol–water partition coefficient (Wildman–Crippen LogP) is 17.1. The molecule has 0 unspecified atom stereocenters. The molecular formula is C63H47N3. The molecule has 0 aliphatic rings. The van der Waals surface area contributed by atoms with E-state index in [0.29, 0.717) is 0 Å². The normalized spacial score (nSPS) is 11.8. The molecule has 3 aromatic heterocycles. The van der Waals surface area contributed by atoms with Crippen LogP contribution in [0, 0.1) is 13.8 Å². The highest BCUT2D eigenvalue weighted by molar-refractivity contribution is 6.32. The van der Waals surface area contributed by atoms with Crippen LogP contribution in [0.1, 0.15) is 23.6 Å². The van der Waals surface area contributed by atoms with Gasteiger partial charge in [0.15, 0.2) is 0 Å². The summed E-state index contributed by atoms with van der Waals surface area (Å²) in [6.45, 7) is 6.47. The average molecular weight is 846 g/mol. The lowest BCUT2D eigenvalue weighted by atomic mass is 9.94. The molecule has 0 fully saturated rings. The number of nitrogens with zero attached hydrogens (tertiary/aromatic N) is 3. The van der Waals surface area contributed by atoms with Crippen LogP contribution in [-0.2, 0) is 0 Å². The van der Waals surface area contributed by atoms with Crippen LogP contribution in [0.2, 0.25) is 0 Å². The van der Waals surface area contributed by atoms with E-state index in [4.69, 9.17) is 0 Å². The Kier molecular flexibility index (Phi) is 9.50. The zero-order chi connectivity index (χ0) is 44.3. The van der Waals surface area contributed by atoms with Crippen LogP contribution in [0.4, 0.5) is 0 Å². The molecule has 66 heavy (non-hydrogen) atoms. The fourth-order valence-corrected chi connectivity index (χ4v) is 10.5. The van der Waals surface area contributed by atoms with Crippen molar-refractivity contribution in [2.24, 2.45) is 0 Å². The van der Waals surface area contributed by atoms with Crippen LogP contribution in [0.15, 0.2) is 225 Å². The van der Waals surface area contributed by atoms with Gasteiger partial charge in [-0.2, -0.15) is 0 Å². The van der Waals surface area contributed by atoms with Crippen LogP contribution in [0.25, 0.3) is 110 Å². The fourth-order valence-electron chi connectivity index (χ4n) is 10.5. The van der Waals surface area contributed by atoms with E-state index in [0.717, 1.165) is 5.69 Å². The molecule has 314 valence electrons. The van der Waals surface area contributed by atoms with Crippen molar-refractivity contribution in [3.05, 3.63) is 241 Å². The summed E-state index contributed by atoms with van der Waals surface area (Å²) in [7, 11) is 0. The summed E-state index contributed by atoms with van der Waals surface area (Å²) in [4.78, 5) is 0. The molecule has 0 spiro atoms. The molecule has 0 saturated heterocycles. The topological polar surface area (TPSA) is 14.8 Å². The van der Waals surface area contributed by atoms with Crippen molar-refractivity contribution < 1.29 is 0 Å². The Hall–Kier alpha value is -8.40. The molecule has 3 heterocycles. The summed E-state index contributed by atoms with van der Waals surface area (Å²) in [5.41, 5.74) is 16.2. The van der Waals surface area contributed by atoms with Crippen molar-refractivity contribution in [3.63, 3.8) is 0 Å². The third-order valence-electron chi connectivity index (χ3n) is 13.5. The highest BCUT2D eigenvalue weighted by atomic mass is 15.0. The number of benzene rings is 10. The van der Waals surface area contributed by atoms with Gasteiger partial charge in [0.1, 0.15) is 0 Å². The van der Waals surface area contributed by atoms with Crippen molar-refractivity contribution in [3.8, 4) is 28.2 Å². The standard InChI is InChI=1S/C37H26N2.C26H21N/c1-25-15-17-26(18-16-25)27-19-21-28(22-20-27)38-24-23-32-30-11-5-6-12-31(30)37-35(36(32)38)33-13-7-8-14-34(33)39(37)29-9-3-2-4-10-29;1-3-11-20-18(2)25-23-16-9-10-17-24(23)27(19-12-5-4-6-13-19)26(25)22-15-8-7-14-21(20)22/h2-24H,1H3;3-17H,1-2H3/b;11-3-. The molecule has 3 heteroatoms. The first-order valence-electron chi connectivity index (χ1n) is 22.9. The number of fused-ring (bicyclic) bond motifs is 13. The van der Waals surface area contributed by atoms with Gasteiger partial charge in [-0.25, -0.2) is 0 Å². The third-order valence-corrected chi connectivity index (χ3v) is 13.5. The van der Waals surface area contributed by atoms with Crippen LogP contribution in [-0.4, -0.2) is 13.7 Å². The SMILES string of the molecule is C/C=C\c1c(C)c2c3ccccc3n(-c3ccccc3)c2c2ccccc12.Cc1ccc(-c2ccc(-n3ccc4c5ccccc5c5c(c6ccccc6n5-c5ccccc5)c43)cc2)cc1. The predicted molar refractivity (Wildman–Crippen MR) is 283 cm³/mol. The highest BCUT2D eigenvalue weighted by Gasteiger charge is 2.22. The average Bonchev–Trinajstić information content (AvgIpc) is 4.08. The van der Waals surface area contributed by atoms with E-state index >= 15 is 0 Å². The number of aryl methyl sites for hydroxylation is 2. The van der Waals surface area contributed by atoms with Crippen LogP contribution < -0.4 is 0 Å². The largest absolute Gasteiger partial charge is 0.316 e. The summed E-state index contributed by atoms with van der Waals surface area (Å²) in [5.74, 6) is 0. The Morgan fingerprint density at radius 1 is 0.348 bits per heavy atom. The maximum absolute atomic E-state index is 2.43. The lowest BCUT2D eigenvalue weighted by Gasteiger charge is -2.13. The van der Waals surface area contributed by atoms with Gasteiger partial charge in [-0.15, -0.1) is 0 Å². The number of rotatable bonds is 5. The van der Waals surface area contributed by atoms with Crippen molar-refractivity contribution >= 4 is 82.1 Å². The quantitative estimate of drug-likeness (QED) is 0.164. The maximum atomic E-state index is 2.43. The van der Waals surface area contributed by atoms with Crippen LogP contribution >= 0.6 is 0 Å². The van der Waals surface area contributed by atoms with Crippen molar-refractivity contribution in [2.45, 2.75) is 20.8 Å². The van der Waals surface area contributed by atoms with Gasteiger partial charge < -0.3 is 13.7 Å². The summed E-state index contributed by atoms with van der Waals surface area (Å²) in [6, 6.07) is 76.5. The van der Waals surface area contributed by atoms with Gasteiger partial charge in [0.25, 0.3) is 0 Å². The van der Waals surface area contributed by atoms with E-state index in [9.17, 15) is 0 Å². The molecule has 13 aromatic rings. The molecule has 0 bridgehead atoms. The maximum Gasteiger partial charge on any atom is 0.0641 e. The van der Waals surface area contributed by atoms with Crippen molar-refractivity contribution in [1.29, 1.82) is 0 Å². The van der Waals surface area contributed by atoms with Gasteiger partial charge in [0.05, 0.1) is 27.6 Å². The Labute approximate surface area is 384 Å². The summed E-state index contributed by atoms with van der Waals surface area (Å²) in [6.07, 6.45) is 6.61. The van der Waals surface area contributed by atoms with Gasteiger partial charge in [-0.1, -0.05) is 175 Å². The highest BCUT2D eigenvalue weighted by Crippen LogP contribution is 2.44. The Morgan fingerprint density at radius 2 is 0.788 bits per heavy atom. The van der Waals surface area contributed by atoms with Crippen LogP contribution in [0.5, 0.6) is 0 Å². The fraction of sp³-hybridized carbons (Fsp3) is 0.0476. The molecule has 0 radical (unpaired) electrons. The Balaban J connectivity index is 0.000000148. The van der Waals surface area contributed by atoms with Crippen LogP contribution in [0.3, 0.4) is 0 Å². The Morgan fingerprint density at radius 3 is 1.36 bits per heavy atom. The van der Waals surface area contributed by atoms with E-state index in [-0.39, 0.29) is 0 Å². The van der Waals surface area contributed by atoms with E-state index in [1.807, 2.05) is 0 Å². The van der Waals surface area contributed by atoms with E-state index in [1.165, 1.54) is 115 Å². The second kappa shape index (κ2) is 16.0. The van der Waals surface area contributed by atoms with Gasteiger partial charge >= 0.3 is 0 Å². The molecule has 0 aliphatic carbocycles. The minimum Gasteiger partial charge on any atom is -0.316 e. The summed E-state index contributed by atoms with van der Waals surface area (Å²) in [5, 5.41) is 11.6. The minimum atomic E-state index is 1.16. The first-order valence-corrected chi connectivity index (χ1v) is 22.9. The molecule has 0 saturated carbocycles. The summed E-state index contributed by atoms with van der Waals surface area (Å²) < 4.78 is 7.22. The monoisotopic (exact) mass is 845 g/mol. The summed E-state index contributed by atoms with van der Waals surface area (Å²) >= 11 is 0. The number of para-hydroxylation sites is 4. The van der Waals surface area contributed by atoms with Crippen molar-refractivity contribution in [1.82, 2.24) is 13.7 Å². The molecule has 0 aliphatic heterocycles. The minimum absolute atomic E-state index is 1.16. The molecule has 0 atom stereocenters. The van der Waals surface area contributed by atoms with Crippen molar-refractivity contribution in [2.75, 3.05) is 0 Å². The lowest BCUT2D eigenvalue weighted by Crippen LogP contribution is -1.96. The molecule has 13 rings (SSSR count). The first kappa shape index (κ1) is 39.2. The first-order chi connectivity index (χ1) is 32.6. The molecule has 10 aromatic carbocycles. The van der Waals surface area contributed by atoms with Gasteiger partial charge in [-0.05, 0) is 108 Å². The van der Waals surface area contributed by atoms with Gasteiger partial charge in [0, 0.05) is 61.0 Å². The lowest BCUT2D eigenvalue weighted by molar-refractivity contribution is 1.13. The van der Waals surface area contributed by atoms with Gasteiger partial charge in [0.2, 0.25) is 0 Å². The molecule has 0 amide bonds. The smallest absolute Gasteiger partial charge is 0.0641 e. The number of hydrogen-bond donors (Lipinski definition) is 0. The van der Waals surface area contributed by atoms with E-state index in [1.54, 1.807) is 0 Å². The second-order valence-corrected chi connectivity index (χ2v) is 17.3. The molecular weight excluding hydrogens is 799 g/mol. The number of hydrogen-bond acceptors (Lipinski definition) is 0. The molecule has 3 nitrogen and oxygen atoms in total. The number of allylic oxidation sites excluding steroid dienone is 1. The molecule has 0 N–H and O–H groups in total. The third kappa shape index (κ3) is 6.19. The second-order valence-electron chi connectivity index (χ2n) is 17.3. The zero-order valence-corrected chi connectivity index (χ0v) is 37.3. The van der Waals surface area contributed by atoms with E-state index in [2.05, 4.69) is 265 Å². The Bertz CT molecular complexity index is 3980. The number of aromatic nitrogens is 3.